The lowest BCUT2D eigenvalue weighted by atomic mass is 10.1. The maximum absolute atomic E-state index is 12.4. The summed E-state index contributed by atoms with van der Waals surface area (Å²) in [6.07, 6.45) is -4.83. The van der Waals surface area contributed by atoms with Crippen LogP contribution >= 0.6 is 0 Å². The molecule has 0 saturated heterocycles. The van der Waals surface area contributed by atoms with Crippen molar-refractivity contribution in [3.63, 3.8) is 0 Å². The molecular weight excluding hydrogens is 502 g/mol. The molecule has 0 aliphatic carbocycles. The number of nitrogens with two attached hydrogens (primary N) is 1. The Hall–Kier alpha value is -3.54. The van der Waals surface area contributed by atoms with Crippen LogP contribution in [0, 0.1) is 5.92 Å². The van der Waals surface area contributed by atoms with Crippen molar-refractivity contribution >= 4 is 24.4 Å². The highest BCUT2D eigenvalue weighted by Gasteiger charge is 2.22. The van der Waals surface area contributed by atoms with Crippen molar-refractivity contribution in [3.05, 3.63) is 23.8 Å². The minimum atomic E-state index is -1.09. The van der Waals surface area contributed by atoms with Gasteiger partial charge in [0, 0.05) is 0 Å². The third-order valence-corrected chi connectivity index (χ3v) is 4.80. The lowest BCUT2D eigenvalue weighted by Gasteiger charge is -2.19. The molecule has 0 amide bonds. The van der Waals surface area contributed by atoms with E-state index in [0.29, 0.717) is 5.56 Å². The van der Waals surface area contributed by atoms with Crippen LogP contribution in [0.4, 0.5) is 14.4 Å². The molecule has 0 aromatic heterocycles. The summed E-state index contributed by atoms with van der Waals surface area (Å²) in [4.78, 5) is 48.2. The van der Waals surface area contributed by atoms with Crippen molar-refractivity contribution < 1.29 is 52.3 Å². The maximum atomic E-state index is 12.4. The molecule has 12 heteroatoms. The first kappa shape index (κ1) is 32.5. The molecule has 0 saturated carbocycles. The van der Waals surface area contributed by atoms with Crippen LogP contribution in [0.3, 0.4) is 0 Å². The summed E-state index contributed by atoms with van der Waals surface area (Å²) >= 11 is 0. The SMILES string of the molecule is CC(C)OC(=O)Oc1ccc(C[C@H](N)C(=O)OC[C@H](C)OC(=O)OC(C)C(C)C)cc1OC(=O)OC(C)C. The molecule has 0 spiro atoms. The van der Waals surface area contributed by atoms with E-state index in [2.05, 4.69) is 0 Å². The van der Waals surface area contributed by atoms with Gasteiger partial charge in [-0.25, -0.2) is 14.4 Å². The minimum absolute atomic E-state index is 0.00563. The Balaban J connectivity index is 2.80. The molecular formula is C26H39NO11. The van der Waals surface area contributed by atoms with Crippen LogP contribution in [0.1, 0.15) is 61.0 Å². The van der Waals surface area contributed by atoms with E-state index in [1.165, 1.54) is 18.2 Å². The zero-order chi connectivity index (χ0) is 29.0. The summed E-state index contributed by atoms with van der Waals surface area (Å²) in [6.45, 7) is 13.4. The topological polar surface area (TPSA) is 159 Å². The van der Waals surface area contributed by atoms with Crippen LogP contribution in [0.15, 0.2) is 18.2 Å². The van der Waals surface area contributed by atoms with Crippen molar-refractivity contribution in [2.45, 2.75) is 92.3 Å². The highest BCUT2D eigenvalue weighted by atomic mass is 16.8. The molecule has 0 bridgehead atoms. The standard InChI is InChI=1S/C26H39NO11/c1-14(2)18(8)36-26(31)35-17(7)13-32-23(28)20(27)11-19-9-10-21(37-24(29)33-15(3)4)22(12-19)38-25(30)34-16(5)6/h9-10,12,14-18,20H,11,13,27H2,1-8H3/t17-,18?,20-/m0/s1. The van der Waals surface area contributed by atoms with Gasteiger partial charge >= 0.3 is 24.4 Å². The van der Waals surface area contributed by atoms with Crippen LogP contribution in [0.5, 0.6) is 11.5 Å². The van der Waals surface area contributed by atoms with Gasteiger partial charge in [0.2, 0.25) is 0 Å². The third-order valence-electron chi connectivity index (χ3n) is 4.80. The summed E-state index contributed by atoms with van der Waals surface area (Å²) in [5, 5.41) is 0. The molecule has 2 N–H and O–H groups in total. The van der Waals surface area contributed by atoms with Gasteiger partial charge in [-0.3, -0.25) is 4.79 Å². The predicted molar refractivity (Wildman–Crippen MR) is 135 cm³/mol. The van der Waals surface area contributed by atoms with Crippen LogP contribution in [0.25, 0.3) is 0 Å². The second-order valence-electron chi connectivity index (χ2n) is 9.50. The van der Waals surface area contributed by atoms with Crippen molar-refractivity contribution in [2.75, 3.05) is 6.61 Å². The average molecular weight is 542 g/mol. The molecule has 1 aromatic rings. The fourth-order valence-electron chi connectivity index (χ4n) is 2.61. The van der Waals surface area contributed by atoms with Gasteiger partial charge < -0.3 is 38.9 Å². The highest BCUT2D eigenvalue weighted by Crippen LogP contribution is 2.30. The van der Waals surface area contributed by atoms with Crippen LogP contribution < -0.4 is 15.2 Å². The molecule has 1 aromatic carbocycles. The van der Waals surface area contributed by atoms with Crippen molar-refractivity contribution in [1.82, 2.24) is 0 Å². The summed E-state index contributed by atoms with van der Waals surface area (Å²) in [7, 11) is 0. The monoisotopic (exact) mass is 541 g/mol. The largest absolute Gasteiger partial charge is 0.514 e. The average Bonchev–Trinajstić information content (AvgIpc) is 2.77. The van der Waals surface area contributed by atoms with Crippen LogP contribution in [0.2, 0.25) is 0 Å². The summed E-state index contributed by atoms with van der Waals surface area (Å²) in [6, 6.07) is 3.18. The summed E-state index contributed by atoms with van der Waals surface area (Å²) in [5.74, 6) is -0.853. The van der Waals surface area contributed by atoms with Gasteiger partial charge in [0.1, 0.15) is 24.9 Å². The fraction of sp³-hybridized carbons (Fsp3) is 0.615. The minimum Gasteiger partial charge on any atom is -0.461 e. The van der Waals surface area contributed by atoms with Crippen LogP contribution in [-0.4, -0.2) is 61.5 Å². The number of ether oxygens (including phenoxy) is 7. The molecule has 38 heavy (non-hydrogen) atoms. The molecule has 12 nitrogen and oxygen atoms in total. The molecule has 0 aliphatic heterocycles. The van der Waals surface area contributed by atoms with Gasteiger partial charge in [-0.2, -0.15) is 0 Å². The van der Waals surface area contributed by atoms with Crippen molar-refractivity contribution in [3.8, 4) is 11.5 Å². The van der Waals surface area contributed by atoms with E-state index in [1.807, 2.05) is 13.8 Å². The second kappa shape index (κ2) is 15.7. The predicted octanol–water partition coefficient (Wildman–Crippen LogP) is 4.53. The number of rotatable bonds is 12. The van der Waals surface area contributed by atoms with Gasteiger partial charge in [0.05, 0.1) is 12.2 Å². The third kappa shape index (κ3) is 12.6. The van der Waals surface area contributed by atoms with Crippen LogP contribution in [-0.2, 0) is 34.9 Å². The zero-order valence-electron chi connectivity index (χ0n) is 23.2. The van der Waals surface area contributed by atoms with E-state index in [9.17, 15) is 19.2 Å². The number of carbonyl (C=O) groups excluding carboxylic acids is 4. The summed E-state index contributed by atoms with van der Waals surface area (Å²) < 4.78 is 35.6. The van der Waals surface area contributed by atoms with Gasteiger partial charge in [-0.05, 0) is 71.6 Å². The van der Waals surface area contributed by atoms with Gasteiger partial charge in [0.15, 0.2) is 11.5 Å². The smallest absolute Gasteiger partial charge is 0.461 e. The first-order valence-corrected chi connectivity index (χ1v) is 12.4. The highest BCUT2D eigenvalue weighted by molar-refractivity contribution is 5.76. The zero-order valence-corrected chi connectivity index (χ0v) is 23.2. The quantitative estimate of drug-likeness (QED) is 0.224. The number of hydrogen-bond donors (Lipinski definition) is 1. The molecule has 1 rings (SSSR count). The van der Waals surface area contributed by atoms with E-state index in [0.717, 1.165) is 0 Å². The molecule has 1 unspecified atom stereocenters. The molecule has 0 heterocycles. The molecule has 3 atom stereocenters. The van der Waals surface area contributed by atoms with E-state index < -0.39 is 48.8 Å². The molecule has 214 valence electrons. The first-order chi connectivity index (χ1) is 17.7. The first-order valence-electron chi connectivity index (χ1n) is 12.4. The molecule has 0 fully saturated rings. The number of esters is 1. The van der Waals surface area contributed by atoms with Crippen molar-refractivity contribution in [1.29, 1.82) is 0 Å². The van der Waals surface area contributed by atoms with E-state index in [4.69, 9.17) is 38.9 Å². The van der Waals surface area contributed by atoms with E-state index in [1.54, 1.807) is 41.5 Å². The second-order valence-corrected chi connectivity index (χ2v) is 9.50. The Bertz CT molecular complexity index is 945. The Morgan fingerprint density at radius 1 is 0.737 bits per heavy atom. The van der Waals surface area contributed by atoms with Crippen molar-refractivity contribution in [2.24, 2.45) is 11.7 Å². The molecule has 0 radical (unpaired) electrons. The number of carbonyl (C=O) groups is 4. The Labute approximate surface area is 223 Å². The Kier molecular flexibility index (Phi) is 13.4. The number of hydrogen-bond acceptors (Lipinski definition) is 12. The van der Waals surface area contributed by atoms with E-state index in [-0.39, 0.29) is 36.5 Å². The lowest BCUT2D eigenvalue weighted by molar-refractivity contribution is -0.148. The normalized spacial score (nSPS) is 13.4. The van der Waals surface area contributed by atoms with Gasteiger partial charge in [-0.1, -0.05) is 19.9 Å². The molecule has 0 aliphatic rings. The van der Waals surface area contributed by atoms with Gasteiger partial charge in [0.25, 0.3) is 0 Å². The lowest BCUT2D eigenvalue weighted by Crippen LogP contribution is -2.36. The maximum Gasteiger partial charge on any atom is 0.514 e. The van der Waals surface area contributed by atoms with Gasteiger partial charge in [-0.15, -0.1) is 0 Å². The summed E-state index contributed by atoms with van der Waals surface area (Å²) in [5.41, 5.74) is 6.46. The Morgan fingerprint density at radius 3 is 1.82 bits per heavy atom. The fourth-order valence-corrected chi connectivity index (χ4v) is 2.61. The number of benzene rings is 1. The van der Waals surface area contributed by atoms with E-state index >= 15 is 0 Å². The Morgan fingerprint density at radius 2 is 1.29 bits per heavy atom.